The highest BCUT2D eigenvalue weighted by Gasteiger charge is 2.14. The van der Waals surface area contributed by atoms with Crippen LogP contribution in [-0.4, -0.2) is 26.0 Å². The second-order valence-electron chi connectivity index (χ2n) is 4.64. The molecule has 0 aliphatic heterocycles. The number of nitrogens with one attached hydrogen (secondary N) is 1. The molecule has 6 nitrogen and oxygen atoms in total. The maximum Gasteiger partial charge on any atom is 0.294 e. The Hall–Kier alpha value is -2.38. The molecule has 0 spiro atoms. The minimum Gasteiger partial charge on any atom is -0.497 e. The Balaban J connectivity index is 2.19. The Labute approximate surface area is 128 Å². The monoisotopic (exact) mass is 321 g/mol. The third kappa shape index (κ3) is 3.63. The van der Waals surface area contributed by atoms with Crippen LogP contribution in [0, 0.1) is 6.92 Å². The van der Waals surface area contributed by atoms with Gasteiger partial charge in [0.05, 0.1) is 12.0 Å². The van der Waals surface area contributed by atoms with E-state index in [-0.39, 0.29) is 10.8 Å². The Morgan fingerprint density at radius 2 is 1.77 bits per heavy atom. The highest BCUT2D eigenvalue weighted by Crippen LogP contribution is 2.20. The van der Waals surface area contributed by atoms with E-state index >= 15 is 0 Å². The molecule has 0 fully saturated rings. The number of hydrogen-bond donors (Lipinski definition) is 2. The quantitative estimate of drug-likeness (QED) is 0.844. The molecule has 1 amide bonds. The van der Waals surface area contributed by atoms with Gasteiger partial charge in [-0.05, 0) is 55.0 Å². The fourth-order valence-corrected chi connectivity index (χ4v) is 2.67. The Bertz CT molecular complexity index is 797. The summed E-state index contributed by atoms with van der Waals surface area (Å²) >= 11 is 0. The van der Waals surface area contributed by atoms with Crippen LogP contribution in [0.3, 0.4) is 0 Å². The van der Waals surface area contributed by atoms with Gasteiger partial charge < -0.3 is 10.1 Å². The number of carbonyl (C=O) groups excluding carboxylic acids is 1. The lowest BCUT2D eigenvalue weighted by Crippen LogP contribution is -2.12. The van der Waals surface area contributed by atoms with Crippen LogP contribution >= 0.6 is 0 Å². The average molecular weight is 321 g/mol. The molecule has 0 atom stereocenters. The number of anilines is 1. The van der Waals surface area contributed by atoms with Gasteiger partial charge in [-0.3, -0.25) is 9.35 Å². The van der Waals surface area contributed by atoms with Crippen LogP contribution in [0.5, 0.6) is 5.75 Å². The minimum atomic E-state index is -4.27. The van der Waals surface area contributed by atoms with E-state index in [0.717, 1.165) is 0 Å². The average Bonchev–Trinajstić information content (AvgIpc) is 2.46. The van der Waals surface area contributed by atoms with Crippen LogP contribution in [0.4, 0.5) is 5.69 Å². The van der Waals surface area contributed by atoms with Crippen molar-refractivity contribution in [2.24, 2.45) is 0 Å². The third-order valence-corrected chi connectivity index (χ3v) is 4.08. The van der Waals surface area contributed by atoms with Gasteiger partial charge in [0.15, 0.2) is 0 Å². The molecule has 116 valence electrons. The molecule has 22 heavy (non-hydrogen) atoms. The van der Waals surface area contributed by atoms with Crippen LogP contribution in [0.15, 0.2) is 47.4 Å². The molecular weight excluding hydrogens is 306 g/mol. The van der Waals surface area contributed by atoms with Crippen molar-refractivity contribution in [3.05, 3.63) is 53.6 Å². The molecule has 0 aromatic heterocycles. The molecule has 0 unspecified atom stereocenters. The number of benzene rings is 2. The van der Waals surface area contributed by atoms with Crippen molar-refractivity contribution in [1.29, 1.82) is 0 Å². The zero-order chi connectivity index (χ0) is 16.3. The molecule has 0 aliphatic carbocycles. The lowest BCUT2D eigenvalue weighted by Gasteiger charge is -2.09. The first-order chi connectivity index (χ1) is 10.3. The molecule has 2 aromatic carbocycles. The fourth-order valence-electron chi connectivity index (χ4n) is 1.96. The van der Waals surface area contributed by atoms with E-state index in [1.165, 1.54) is 32.2 Å². The second-order valence-corrected chi connectivity index (χ2v) is 6.03. The maximum absolute atomic E-state index is 12.1. The van der Waals surface area contributed by atoms with Crippen molar-refractivity contribution >= 4 is 21.7 Å². The minimum absolute atomic E-state index is 0.185. The largest absolute Gasteiger partial charge is 0.497 e. The molecule has 2 N–H and O–H groups in total. The Kier molecular flexibility index (Phi) is 4.48. The van der Waals surface area contributed by atoms with E-state index in [1.807, 2.05) is 0 Å². The third-order valence-electron chi connectivity index (χ3n) is 3.06. The fraction of sp³-hybridized carbons (Fsp3) is 0.133. The van der Waals surface area contributed by atoms with Gasteiger partial charge >= 0.3 is 0 Å². The first-order valence-corrected chi connectivity index (χ1v) is 7.79. The van der Waals surface area contributed by atoms with Crippen molar-refractivity contribution in [2.75, 3.05) is 12.4 Å². The summed E-state index contributed by atoms with van der Waals surface area (Å²) < 4.78 is 36.3. The maximum atomic E-state index is 12.1. The van der Waals surface area contributed by atoms with Crippen molar-refractivity contribution in [1.82, 2.24) is 0 Å². The van der Waals surface area contributed by atoms with Crippen molar-refractivity contribution < 1.29 is 22.5 Å². The number of hydrogen-bond acceptors (Lipinski definition) is 4. The normalized spacial score (nSPS) is 11.0. The highest BCUT2D eigenvalue weighted by atomic mass is 32.2. The van der Waals surface area contributed by atoms with Gasteiger partial charge in [0.2, 0.25) is 0 Å². The molecular formula is C15H15NO5S. The van der Waals surface area contributed by atoms with Crippen LogP contribution in [-0.2, 0) is 10.1 Å². The number of methoxy groups -OCH3 is 1. The lowest BCUT2D eigenvalue weighted by atomic mass is 10.2. The molecule has 0 heterocycles. The first kappa shape index (κ1) is 16.0. The summed E-state index contributed by atoms with van der Waals surface area (Å²) in [6, 6.07) is 10.7. The molecule has 0 aliphatic rings. The summed E-state index contributed by atoms with van der Waals surface area (Å²) in [6.07, 6.45) is 0. The zero-order valence-electron chi connectivity index (χ0n) is 12.0. The van der Waals surface area contributed by atoms with Gasteiger partial charge in [0.1, 0.15) is 5.75 Å². The number of amides is 1. The zero-order valence-corrected chi connectivity index (χ0v) is 12.8. The standard InChI is InChI=1S/C15H15NO5S/c1-10-9-12(5-8-14(10)22(18,19)20)16-15(17)11-3-6-13(21-2)7-4-11/h3-9H,1-2H3,(H,16,17)(H,18,19,20). The van der Waals surface area contributed by atoms with Gasteiger partial charge in [0, 0.05) is 11.3 Å². The summed E-state index contributed by atoms with van der Waals surface area (Å²) in [5, 5.41) is 2.66. The SMILES string of the molecule is COc1ccc(C(=O)Nc2ccc(S(=O)(=O)O)c(C)c2)cc1. The summed E-state index contributed by atoms with van der Waals surface area (Å²) in [6.45, 7) is 1.53. The lowest BCUT2D eigenvalue weighted by molar-refractivity contribution is 0.102. The van der Waals surface area contributed by atoms with E-state index in [9.17, 15) is 13.2 Å². The molecule has 0 saturated heterocycles. The van der Waals surface area contributed by atoms with Gasteiger partial charge in [-0.15, -0.1) is 0 Å². The van der Waals surface area contributed by atoms with E-state index in [4.69, 9.17) is 9.29 Å². The van der Waals surface area contributed by atoms with Gasteiger partial charge in [-0.2, -0.15) is 8.42 Å². The van der Waals surface area contributed by atoms with E-state index in [1.54, 1.807) is 24.3 Å². The molecule has 2 aromatic rings. The van der Waals surface area contributed by atoms with Crippen LogP contribution in [0.25, 0.3) is 0 Å². The number of rotatable bonds is 4. The van der Waals surface area contributed by atoms with Crippen molar-refractivity contribution in [3.63, 3.8) is 0 Å². The molecule has 0 radical (unpaired) electrons. The number of carbonyl (C=O) groups is 1. The van der Waals surface area contributed by atoms with Crippen molar-refractivity contribution in [2.45, 2.75) is 11.8 Å². The van der Waals surface area contributed by atoms with Crippen LogP contribution in [0.2, 0.25) is 0 Å². The smallest absolute Gasteiger partial charge is 0.294 e. The van der Waals surface area contributed by atoms with Crippen LogP contribution in [0.1, 0.15) is 15.9 Å². The Morgan fingerprint density at radius 3 is 2.27 bits per heavy atom. The van der Waals surface area contributed by atoms with E-state index in [2.05, 4.69) is 5.32 Å². The predicted octanol–water partition coefficient (Wildman–Crippen LogP) is 2.50. The first-order valence-electron chi connectivity index (χ1n) is 6.35. The predicted molar refractivity (Wildman–Crippen MR) is 81.9 cm³/mol. The number of aryl methyl sites for hydroxylation is 1. The van der Waals surface area contributed by atoms with E-state index in [0.29, 0.717) is 22.6 Å². The Morgan fingerprint density at radius 1 is 1.14 bits per heavy atom. The molecule has 2 rings (SSSR count). The summed E-state index contributed by atoms with van der Waals surface area (Å²) in [5.74, 6) is 0.312. The molecule has 0 bridgehead atoms. The highest BCUT2D eigenvalue weighted by molar-refractivity contribution is 7.85. The van der Waals surface area contributed by atoms with Gasteiger partial charge in [-0.25, -0.2) is 0 Å². The topological polar surface area (TPSA) is 92.7 Å². The van der Waals surface area contributed by atoms with Crippen molar-refractivity contribution in [3.8, 4) is 5.75 Å². The van der Waals surface area contributed by atoms with E-state index < -0.39 is 10.1 Å². The summed E-state index contributed by atoms with van der Waals surface area (Å²) in [5.41, 5.74) is 1.22. The van der Waals surface area contributed by atoms with Gasteiger partial charge in [0.25, 0.3) is 16.0 Å². The van der Waals surface area contributed by atoms with Gasteiger partial charge in [-0.1, -0.05) is 0 Å². The molecule has 7 heteroatoms. The molecule has 0 saturated carbocycles. The van der Waals surface area contributed by atoms with Crippen LogP contribution < -0.4 is 10.1 Å². The summed E-state index contributed by atoms with van der Waals surface area (Å²) in [7, 11) is -2.73. The summed E-state index contributed by atoms with van der Waals surface area (Å²) in [4.78, 5) is 11.9. The number of ether oxygens (including phenoxy) is 1. The second kappa shape index (κ2) is 6.17.